The summed E-state index contributed by atoms with van der Waals surface area (Å²) >= 11 is 0. The molecular weight excluding hydrogens is 160 g/mol. The summed E-state index contributed by atoms with van der Waals surface area (Å²) in [6.07, 6.45) is 5.31. The lowest BCUT2D eigenvalue weighted by atomic mass is 9.99. The van der Waals surface area contributed by atoms with Crippen molar-refractivity contribution in [1.82, 2.24) is 5.32 Å². The van der Waals surface area contributed by atoms with E-state index in [0.29, 0.717) is 0 Å². The van der Waals surface area contributed by atoms with E-state index in [1.165, 1.54) is 25.7 Å². The van der Waals surface area contributed by atoms with E-state index in [9.17, 15) is 0 Å². The Morgan fingerprint density at radius 2 is 1.92 bits per heavy atom. The van der Waals surface area contributed by atoms with Crippen molar-refractivity contribution < 1.29 is 0 Å². The second kappa shape index (κ2) is 8.52. The topological polar surface area (TPSA) is 38.0 Å². The Labute approximate surface area is 83.3 Å². The van der Waals surface area contributed by atoms with Gasteiger partial charge in [-0.2, -0.15) is 0 Å². The second-order valence-electron chi connectivity index (χ2n) is 4.05. The van der Waals surface area contributed by atoms with Crippen LogP contribution in [0.3, 0.4) is 0 Å². The Morgan fingerprint density at radius 3 is 2.38 bits per heavy atom. The highest BCUT2D eigenvalue weighted by Gasteiger charge is 2.04. The van der Waals surface area contributed by atoms with Gasteiger partial charge in [-0.15, -0.1) is 0 Å². The first-order valence-electron chi connectivity index (χ1n) is 5.66. The van der Waals surface area contributed by atoms with E-state index < -0.39 is 0 Å². The van der Waals surface area contributed by atoms with Gasteiger partial charge < -0.3 is 11.1 Å². The lowest BCUT2D eigenvalue weighted by Gasteiger charge is -2.16. The number of nitrogens with one attached hydrogen (secondary N) is 1. The standard InChI is InChI=1S/C11H26N2/c1-4-6-7-11(5-2)9-13-8-10(3)12/h10-11,13H,4-9,12H2,1-3H3. The Bertz CT molecular complexity index is 102. The van der Waals surface area contributed by atoms with Crippen molar-refractivity contribution in [1.29, 1.82) is 0 Å². The lowest BCUT2D eigenvalue weighted by molar-refractivity contribution is 0.414. The van der Waals surface area contributed by atoms with Crippen LogP contribution in [0, 0.1) is 5.92 Å². The number of hydrogen-bond donors (Lipinski definition) is 2. The Kier molecular flexibility index (Phi) is 8.46. The summed E-state index contributed by atoms with van der Waals surface area (Å²) in [7, 11) is 0. The molecule has 0 amide bonds. The van der Waals surface area contributed by atoms with Crippen LogP contribution < -0.4 is 11.1 Å². The molecule has 2 nitrogen and oxygen atoms in total. The van der Waals surface area contributed by atoms with Crippen LogP contribution in [-0.2, 0) is 0 Å². The fourth-order valence-corrected chi connectivity index (χ4v) is 1.46. The van der Waals surface area contributed by atoms with Crippen molar-refractivity contribution >= 4 is 0 Å². The van der Waals surface area contributed by atoms with Gasteiger partial charge in [-0.25, -0.2) is 0 Å². The molecule has 0 saturated heterocycles. The van der Waals surface area contributed by atoms with Crippen molar-refractivity contribution in [3.63, 3.8) is 0 Å². The molecule has 80 valence electrons. The zero-order valence-electron chi connectivity index (χ0n) is 9.47. The molecular formula is C11H26N2. The number of hydrogen-bond acceptors (Lipinski definition) is 2. The van der Waals surface area contributed by atoms with Crippen LogP contribution in [0.4, 0.5) is 0 Å². The van der Waals surface area contributed by atoms with Crippen LogP contribution in [0.15, 0.2) is 0 Å². The summed E-state index contributed by atoms with van der Waals surface area (Å²) in [5.74, 6) is 0.846. The smallest absolute Gasteiger partial charge is 0.0136 e. The van der Waals surface area contributed by atoms with Gasteiger partial charge in [0, 0.05) is 12.6 Å². The predicted octanol–water partition coefficient (Wildman–Crippen LogP) is 2.14. The van der Waals surface area contributed by atoms with Gasteiger partial charge in [0.15, 0.2) is 0 Å². The van der Waals surface area contributed by atoms with Gasteiger partial charge in [0.1, 0.15) is 0 Å². The van der Waals surface area contributed by atoms with E-state index >= 15 is 0 Å². The monoisotopic (exact) mass is 186 g/mol. The van der Waals surface area contributed by atoms with E-state index in [4.69, 9.17) is 5.73 Å². The molecule has 3 N–H and O–H groups in total. The zero-order chi connectivity index (χ0) is 10.1. The number of nitrogens with two attached hydrogens (primary N) is 1. The molecule has 0 aliphatic rings. The number of unbranched alkanes of at least 4 members (excludes halogenated alkanes) is 1. The van der Waals surface area contributed by atoms with E-state index in [0.717, 1.165) is 19.0 Å². The average Bonchev–Trinajstić information content (AvgIpc) is 2.10. The normalized spacial score (nSPS) is 15.7. The maximum atomic E-state index is 5.66. The maximum Gasteiger partial charge on any atom is 0.0136 e. The highest BCUT2D eigenvalue weighted by atomic mass is 14.9. The highest BCUT2D eigenvalue weighted by molar-refractivity contribution is 4.63. The van der Waals surface area contributed by atoms with Gasteiger partial charge in [-0.05, 0) is 25.8 Å². The fraction of sp³-hybridized carbons (Fsp3) is 1.00. The highest BCUT2D eigenvalue weighted by Crippen LogP contribution is 2.10. The average molecular weight is 186 g/mol. The molecule has 0 aliphatic heterocycles. The van der Waals surface area contributed by atoms with Crippen LogP contribution >= 0.6 is 0 Å². The van der Waals surface area contributed by atoms with E-state index in [1.807, 2.05) is 6.92 Å². The largest absolute Gasteiger partial charge is 0.327 e. The van der Waals surface area contributed by atoms with Crippen LogP contribution in [-0.4, -0.2) is 19.1 Å². The molecule has 13 heavy (non-hydrogen) atoms. The van der Waals surface area contributed by atoms with Crippen LogP contribution in [0.5, 0.6) is 0 Å². The third-order valence-corrected chi connectivity index (χ3v) is 2.44. The molecule has 2 heteroatoms. The van der Waals surface area contributed by atoms with Crippen LogP contribution in [0.2, 0.25) is 0 Å². The van der Waals surface area contributed by atoms with Gasteiger partial charge in [-0.1, -0.05) is 33.1 Å². The first-order chi connectivity index (χ1) is 6.20. The van der Waals surface area contributed by atoms with Crippen molar-refractivity contribution in [3.05, 3.63) is 0 Å². The Hall–Kier alpha value is -0.0800. The molecule has 0 radical (unpaired) electrons. The molecule has 0 aromatic rings. The van der Waals surface area contributed by atoms with Crippen molar-refractivity contribution in [2.45, 2.75) is 52.5 Å². The van der Waals surface area contributed by atoms with Gasteiger partial charge in [0.25, 0.3) is 0 Å². The third-order valence-electron chi connectivity index (χ3n) is 2.44. The van der Waals surface area contributed by atoms with Crippen molar-refractivity contribution in [3.8, 4) is 0 Å². The summed E-state index contributed by atoms with van der Waals surface area (Å²) in [4.78, 5) is 0. The molecule has 0 heterocycles. The summed E-state index contributed by atoms with van der Waals surface area (Å²) in [5.41, 5.74) is 5.66. The lowest BCUT2D eigenvalue weighted by Crippen LogP contribution is -2.34. The van der Waals surface area contributed by atoms with E-state index in [1.54, 1.807) is 0 Å². The summed E-state index contributed by atoms with van der Waals surface area (Å²) in [6.45, 7) is 8.65. The molecule has 0 aromatic carbocycles. The molecule has 0 spiro atoms. The molecule has 0 saturated carbocycles. The van der Waals surface area contributed by atoms with Gasteiger partial charge >= 0.3 is 0 Å². The zero-order valence-corrected chi connectivity index (χ0v) is 9.47. The molecule has 2 unspecified atom stereocenters. The van der Waals surface area contributed by atoms with Crippen molar-refractivity contribution in [2.75, 3.05) is 13.1 Å². The minimum absolute atomic E-state index is 0.281. The molecule has 0 aromatic heterocycles. The maximum absolute atomic E-state index is 5.66. The minimum Gasteiger partial charge on any atom is -0.327 e. The SMILES string of the molecule is CCCCC(CC)CNCC(C)N. The summed E-state index contributed by atoms with van der Waals surface area (Å²) in [5, 5.41) is 3.42. The predicted molar refractivity (Wildman–Crippen MR) is 59.8 cm³/mol. The van der Waals surface area contributed by atoms with E-state index in [-0.39, 0.29) is 6.04 Å². The Balaban J connectivity index is 3.36. The third kappa shape index (κ3) is 8.26. The van der Waals surface area contributed by atoms with Gasteiger partial charge in [0.2, 0.25) is 0 Å². The van der Waals surface area contributed by atoms with Gasteiger partial charge in [-0.3, -0.25) is 0 Å². The quantitative estimate of drug-likeness (QED) is 0.609. The fourth-order valence-electron chi connectivity index (χ4n) is 1.46. The molecule has 2 atom stereocenters. The molecule has 0 rings (SSSR count). The minimum atomic E-state index is 0.281. The summed E-state index contributed by atoms with van der Waals surface area (Å²) < 4.78 is 0. The first kappa shape index (κ1) is 12.9. The van der Waals surface area contributed by atoms with E-state index in [2.05, 4.69) is 19.2 Å². The molecule has 0 aliphatic carbocycles. The molecule has 0 fully saturated rings. The molecule has 0 bridgehead atoms. The van der Waals surface area contributed by atoms with Crippen LogP contribution in [0.1, 0.15) is 46.5 Å². The second-order valence-corrected chi connectivity index (χ2v) is 4.05. The van der Waals surface area contributed by atoms with Crippen LogP contribution in [0.25, 0.3) is 0 Å². The summed E-state index contributed by atoms with van der Waals surface area (Å²) in [6, 6.07) is 0.281. The first-order valence-corrected chi connectivity index (χ1v) is 5.66. The van der Waals surface area contributed by atoms with Gasteiger partial charge in [0.05, 0.1) is 0 Å². The van der Waals surface area contributed by atoms with Crippen molar-refractivity contribution in [2.24, 2.45) is 11.7 Å². The Morgan fingerprint density at radius 1 is 1.23 bits per heavy atom. The number of rotatable bonds is 8.